The predicted molar refractivity (Wildman–Crippen MR) is 128 cm³/mol. The highest BCUT2D eigenvalue weighted by atomic mass is 19.1. The number of halogens is 1. The smallest absolute Gasteiger partial charge is 0.248 e. The maximum Gasteiger partial charge on any atom is 0.248 e. The molecule has 34 heavy (non-hydrogen) atoms. The summed E-state index contributed by atoms with van der Waals surface area (Å²) >= 11 is 0. The van der Waals surface area contributed by atoms with Gasteiger partial charge in [0.25, 0.3) is 0 Å². The highest BCUT2D eigenvalue weighted by Crippen LogP contribution is 2.27. The van der Waals surface area contributed by atoms with E-state index in [0.29, 0.717) is 18.2 Å². The fourth-order valence-corrected chi connectivity index (χ4v) is 4.21. The number of aromatic nitrogens is 4. The van der Waals surface area contributed by atoms with E-state index < -0.39 is 11.9 Å². The van der Waals surface area contributed by atoms with E-state index >= 15 is 0 Å². The number of nitrogens with one attached hydrogen (secondary N) is 2. The summed E-state index contributed by atoms with van der Waals surface area (Å²) in [5, 5.41) is 15.4. The molecule has 1 fully saturated rings. The van der Waals surface area contributed by atoms with Crippen molar-refractivity contribution >= 4 is 23.2 Å². The number of aliphatic hydroxyl groups excluding tert-OH is 1. The van der Waals surface area contributed by atoms with Crippen LogP contribution >= 0.6 is 0 Å². The summed E-state index contributed by atoms with van der Waals surface area (Å²) in [5.74, 6) is 0.230. The van der Waals surface area contributed by atoms with Crippen LogP contribution in [0.15, 0.2) is 36.7 Å². The molecular formula is C24H30FN7O2. The highest BCUT2D eigenvalue weighted by molar-refractivity contribution is 5.80. The summed E-state index contributed by atoms with van der Waals surface area (Å²) in [6, 6.07) is 7.89. The van der Waals surface area contributed by atoms with Crippen LogP contribution in [0.25, 0.3) is 11.4 Å². The first-order chi connectivity index (χ1) is 16.2. The third-order valence-electron chi connectivity index (χ3n) is 5.89. The first-order valence-electron chi connectivity index (χ1n) is 11.4. The van der Waals surface area contributed by atoms with E-state index in [9.17, 15) is 14.3 Å². The van der Waals surface area contributed by atoms with Crippen molar-refractivity contribution in [3.05, 3.63) is 48.3 Å². The lowest BCUT2D eigenvalue weighted by Gasteiger charge is -2.20. The molecular weight excluding hydrogens is 437 g/mol. The number of carbonyl (C=O) groups is 1. The second-order valence-corrected chi connectivity index (χ2v) is 8.83. The minimum Gasteiger partial charge on any atom is -0.384 e. The van der Waals surface area contributed by atoms with Gasteiger partial charge in [-0.1, -0.05) is 0 Å². The largest absolute Gasteiger partial charge is 0.384 e. The SMILES string of the molecule is Cc1ncc(-c2nc(Nc3ccc(N4CC[C@H](NC(=O)[C@H](C)O)C4)cc3)ncc2F)n1C(C)C. The molecule has 2 aromatic heterocycles. The number of rotatable bonds is 7. The topological polar surface area (TPSA) is 108 Å². The van der Waals surface area contributed by atoms with Gasteiger partial charge in [0.1, 0.15) is 17.6 Å². The summed E-state index contributed by atoms with van der Waals surface area (Å²) in [6.07, 6.45) is 2.60. The number of imidazole rings is 1. The molecule has 0 spiro atoms. The average Bonchev–Trinajstić information content (AvgIpc) is 3.42. The quantitative estimate of drug-likeness (QED) is 0.490. The van der Waals surface area contributed by atoms with Crippen LogP contribution in [-0.2, 0) is 4.79 Å². The molecule has 0 radical (unpaired) electrons. The normalized spacial score (nSPS) is 16.7. The summed E-state index contributed by atoms with van der Waals surface area (Å²) in [5.41, 5.74) is 2.60. The molecule has 0 saturated carbocycles. The molecule has 180 valence electrons. The molecule has 10 heteroatoms. The lowest BCUT2D eigenvalue weighted by Crippen LogP contribution is -2.41. The molecule has 1 aromatic carbocycles. The van der Waals surface area contributed by atoms with Gasteiger partial charge in [-0.3, -0.25) is 4.79 Å². The third kappa shape index (κ3) is 5.01. The highest BCUT2D eigenvalue weighted by Gasteiger charge is 2.25. The van der Waals surface area contributed by atoms with Crippen molar-refractivity contribution in [2.75, 3.05) is 23.3 Å². The second kappa shape index (κ2) is 9.76. The summed E-state index contributed by atoms with van der Waals surface area (Å²) in [6.45, 7) is 8.86. The molecule has 3 aromatic rings. The summed E-state index contributed by atoms with van der Waals surface area (Å²) < 4.78 is 16.5. The monoisotopic (exact) mass is 467 g/mol. The van der Waals surface area contributed by atoms with Gasteiger partial charge in [-0.15, -0.1) is 0 Å². The van der Waals surface area contributed by atoms with Gasteiger partial charge in [0, 0.05) is 36.5 Å². The molecule has 1 aliphatic rings. The van der Waals surface area contributed by atoms with Gasteiger partial charge in [0.15, 0.2) is 5.82 Å². The van der Waals surface area contributed by atoms with Crippen LogP contribution < -0.4 is 15.5 Å². The first kappa shape index (κ1) is 23.6. The zero-order chi connectivity index (χ0) is 24.4. The molecule has 1 aliphatic heterocycles. The molecule has 0 unspecified atom stereocenters. The van der Waals surface area contributed by atoms with Gasteiger partial charge >= 0.3 is 0 Å². The number of nitrogens with zero attached hydrogens (tertiary/aromatic N) is 5. The number of anilines is 3. The van der Waals surface area contributed by atoms with E-state index in [1.165, 1.54) is 6.92 Å². The Balaban J connectivity index is 1.46. The molecule has 1 saturated heterocycles. The van der Waals surface area contributed by atoms with Crippen molar-refractivity contribution < 1.29 is 14.3 Å². The van der Waals surface area contributed by atoms with E-state index in [4.69, 9.17) is 0 Å². The van der Waals surface area contributed by atoms with Gasteiger partial charge in [-0.05, 0) is 58.4 Å². The fourth-order valence-electron chi connectivity index (χ4n) is 4.21. The Kier molecular flexibility index (Phi) is 6.78. The first-order valence-corrected chi connectivity index (χ1v) is 11.4. The molecule has 4 rings (SSSR count). The van der Waals surface area contributed by atoms with Crippen molar-refractivity contribution in [1.29, 1.82) is 0 Å². The maximum absolute atomic E-state index is 14.6. The standard InChI is InChI=1S/C24H30FN7O2/c1-14(2)32-16(4)26-12-21(32)22-20(25)11-27-24(30-22)29-17-5-7-19(8-6-17)31-10-9-18(13-31)28-23(34)15(3)33/h5-8,11-12,14-15,18,33H,9-10,13H2,1-4H3,(H,28,34)(H,27,29,30)/t15-,18-/m0/s1. The Labute approximate surface area is 198 Å². The lowest BCUT2D eigenvalue weighted by molar-refractivity contribution is -0.129. The molecule has 0 aliphatic carbocycles. The molecule has 0 bridgehead atoms. The van der Waals surface area contributed by atoms with Crippen LogP contribution in [-0.4, -0.2) is 55.8 Å². The Hall–Kier alpha value is -3.53. The van der Waals surface area contributed by atoms with Crippen LogP contribution in [0.5, 0.6) is 0 Å². The van der Waals surface area contributed by atoms with Crippen LogP contribution in [0.1, 0.15) is 39.1 Å². The predicted octanol–water partition coefficient (Wildman–Crippen LogP) is 3.19. The van der Waals surface area contributed by atoms with Gasteiger partial charge in [-0.25, -0.2) is 19.3 Å². The number of aliphatic hydroxyl groups is 1. The van der Waals surface area contributed by atoms with Crippen molar-refractivity contribution in [3.8, 4) is 11.4 Å². The van der Waals surface area contributed by atoms with Crippen molar-refractivity contribution in [2.24, 2.45) is 0 Å². The lowest BCUT2D eigenvalue weighted by atomic mass is 10.2. The van der Waals surface area contributed by atoms with E-state index in [2.05, 4.69) is 30.5 Å². The van der Waals surface area contributed by atoms with Crippen molar-refractivity contribution in [2.45, 2.75) is 52.3 Å². The number of carbonyl (C=O) groups excluding carboxylic acids is 1. The van der Waals surface area contributed by atoms with Gasteiger partial charge < -0.3 is 25.2 Å². The van der Waals surface area contributed by atoms with Crippen LogP contribution in [0, 0.1) is 12.7 Å². The number of benzene rings is 1. The Morgan fingerprint density at radius 3 is 2.59 bits per heavy atom. The van der Waals surface area contributed by atoms with Gasteiger partial charge in [0.05, 0.1) is 18.1 Å². The zero-order valence-corrected chi connectivity index (χ0v) is 19.8. The summed E-state index contributed by atoms with van der Waals surface area (Å²) in [4.78, 5) is 26.7. The number of hydrogen-bond donors (Lipinski definition) is 3. The molecule has 1 amide bonds. The molecule has 3 heterocycles. The minimum absolute atomic E-state index is 0.00820. The fraction of sp³-hybridized carbons (Fsp3) is 0.417. The maximum atomic E-state index is 14.6. The average molecular weight is 468 g/mol. The van der Waals surface area contributed by atoms with Crippen LogP contribution in [0.2, 0.25) is 0 Å². The number of aryl methyl sites for hydroxylation is 1. The van der Waals surface area contributed by atoms with E-state index in [0.717, 1.165) is 36.4 Å². The Bertz CT molecular complexity index is 1160. The zero-order valence-electron chi connectivity index (χ0n) is 19.8. The third-order valence-corrected chi connectivity index (χ3v) is 5.89. The van der Waals surface area contributed by atoms with Crippen molar-refractivity contribution in [1.82, 2.24) is 24.8 Å². The molecule has 3 N–H and O–H groups in total. The van der Waals surface area contributed by atoms with Gasteiger partial charge in [0.2, 0.25) is 11.9 Å². The van der Waals surface area contributed by atoms with E-state index in [1.807, 2.05) is 49.6 Å². The van der Waals surface area contributed by atoms with E-state index in [1.54, 1.807) is 6.20 Å². The van der Waals surface area contributed by atoms with Crippen LogP contribution in [0.3, 0.4) is 0 Å². The summed E-state index contributed by atoms with van der Waals surface area (Å²) in [7, 11) is 0. The Morgan fingerprint density at radius 1 is 1.18 bits per heavy atom. The number of amides is 1. The second-order valence-electron chi connectivity index (χ2n) is 8.83. The molecule has 9 nitrogen and oxygen atoms in total. The van der Waals surface area contributed by atoms with Crippen molar-refractivity contribution in [3.63, 3.8) is 0 Å². The van der Waals surface area contributed by atoms with Crippen LogP contribution in [0.4, 0.5) is 21.7 Å². The van der Waals surface area contributed by atoms with E-state index in [-0.39, 0.29) is 23.7 Å². The van der Waals surface area contributed by atoms with Gasteiger partial charge in [-0.2, -0.15) is 0 Å². The Morgan fingerprint density at radius 2 is 1.91 bits per heavy atom. The molecule has 2 atom stereocenters. The number of hydrogen-bond acceptors (Lipinski definition) is 7. The minimum atomic E-state index is -1.01.